The van der Waals surface area contributed by atoms with E-state index in [1.54, 1.807) is 6.92 Å². The molecule has 0 spiro atoms. The lowest BCUT2D eigenvalue weighted by Gasteiger charge is -2.32. The number of aromatic nitrogens is 3. The van der Waals surface area contributed by atoms with E-state index >= 15 is 0 Å². The number of H-pyrrole nitrogens is 1. The van der Waals surface area contributed by atoms with Crippen LogP contribution in [-0.2, 0) is 17.8 Å². The van der Waals surface area contributed by atoms with Gasteiger partial charge in [0.05, 0.1) is 13.0 Å². The summed E-state index contributed by atoms with van der Waals surface area (Å²) in [6.07, 6.45) is 4.59. The van der Waals surface area contributed by atoms with Crippen LogP contribution in [0.1, 0.15) is 42.7 Å². The first-order valence-corrected chi connectivity index (χ1v) is 9.30. The zero-order valence-corrected chi connectivity index (χ0v) is 15.9. The second kappa shape index (κ2) is 8.45. The van der Waals surface area contributed by atoms with Gasteiger partial charge in [-0.05, 0) is 40.2 Å². The normalized spacial score (nSPS) is 18.0. The Labute approximate surface area is 155 Å². The second-order valence-electron chi connectivity index (χ2n) is 7.37. The summed E-state index contributed by atoms with van der Waals surface area (Å²) in [6, 6.07) is 3.99. The van der Waals surface area contributed by atoms with Crippen molar-refractivity contribution >= 4 is 5.78 Å². The summed E-state index contributed by atoms with van der Waals surface area (Å²) in [6.45, 7) is 9.26. The molecule has 0 bridgehead atoms. The van der Waals surface area contributed by atoms with E-state index < -0.39 is 0 Å². The Hall–Kier alpha value is -2.21. The van der Waals surface area contributed by atoms with E-state index in [0.29, 0.717) is 12.3 Å². The van der Waals surface area contributed by atoms with Crippen LogP contribution in [0, 0.1) is 19.8 Å². The second-order valence-corrected chi connectivity index (χ2v) is 7.37. The molecule has 0 amide bonds. The number of likely N-dealkylation sites (tertiary alicyclic amines) is 1. The summed E-state index contributed by atoms with van der Waals surface area (Å²) < 4.78 is 6.03. The van der Waals surface area contributed by atoms with Crippen molar-refractivity contribution in [2.75, 3.05) is 19.7 Å². The molecule has 140 valence electrons. The molecule has 6 heteroatoms. The van der Waals surface area contributed by atoms with Crippen molar-refractivity contribution in [3.05, 3.63) is 41.2 Å². The first-order valence-electron chi connectivity index (χ1n) is 9.30. The summed E-state index contributed by atoms with van der Waals surface area (Å²) >= 11 is 0. The average molecular weight is 356 g/mol. The maximum atomic E-state index is 11.2. The SMILES string of the molecule is CC(=O)Cc1ncc(CN2CCCC(COc3cc(C)nc(C)c3)C2)[nH]1. The van der Waals surface area contributed by atoms with E-state index in [2.05, 4.69) is 19.9 Å². The molecule has 1 N–H and O–H groups in total. The van der Waals surface area contributed by atoms with Crippen molar-refractivity contribution in [1.82, 2.24) is 19.9 Å². The highest BCUT2D eigenvalue weighted by molar-refractivity contribution is 5.77. The summed E-state index contributed by atoms with van der Waals surface area (Å²) in [5.41, 5.74) is 3.06. The van der Waals surface area contributed by atoms with Crippen molar-refractivity contribution in [1.29, 1.82) is 0 Å². The lowest BCUT2D eigenvalue weighted by atomic mass is 9.99. The first kappa shape index (κ1) is 18.6. The summed E-state index contributed by atoms with van der Waals surface area (Å²) in [5, 5.41) is 0. The molecule has 1 aliphatic rings. The Morgan fingerprint density at radius 3 is 2.85 bits per heavy atom. The number of rotatable bonds is 7. The molecule has 6 nitrogen and oxygen atoms in total. The van der Waals surface area contributed by atoms with E-state index in [9.17, 15) is 4.79 Å². The van der Waals surface area contributed by atoms with Crippen molar-refractivity contribution < 1.29 is 9.53 Å². The molecule has 0 radical (unpaired) electrons. The van der Waals surface area contributed by atoms with Gasteiger partial charge in [-0.1, -0.05) is 0 Å². The molecule has 1 atom stereocenters. The Morgan fingerprint density at radius 2 is 2.12 bits per heavy atom. The number of aromatic amines is 1. The molecule has 26 heavy (non-hydrogen) atoms. The lowest BCUT2D eigenvalue weighted by molar-refractivity contribution is -0.116. The average Bonchev–Trinajstić information content (AvgIpc) is 2.98. The molecule has 2 aromatic heterocycles. The number of ketones is 1. The fraction of sp³-hybridized carbons (Fsp3) is 0.550. The summed E-state index contributed by atoms with van der Waals surface area (Å²) in [5.74, 6) is 2.32. The van der Waals surface area contributed by atoms with Gasteiger partial charge in [0, 0.05) is 54.4 Å². The van der Waals surface area contributed by atoms with Gasteiger partial charge in [-0.15, -0.1) is 0 Å². The predicted octanol–water partition coefficient (Wildman–Crippen LogP) is 2.84. The number of piperidine rings is 1. The maximum absolute atomic E-state index is 11.2. The third kappa shape index (κ3) is 5.39. The van der Waals surface area contributed by atoms with E-state index in [4.69, 9.17) is 4.74 Å². The third-order valence-corrected chi connectivity index (χ3v) is 4.64. The number of nitrogens with zero attached hydrogens (tertiary/aromatic N) is 3. The number of aryl methyl sites for hydroxylation is 2. The van der Waals surface area contributed by atoms with Crippen LogP contribution in [-0.4, -0.2) is 45.3 Å². The standard InChI is InChI=1S/C20H28N4O2/c1-14-7-19(8-15(2)22-14)26-13-17-5-4-6-24(11-17)12-18-10-21-20(23-18)9-16(3)25/h7-8,10,17H,4-6,9,11-13H2,1-3H3,(H,21,23). The smallest absolute Gasteiger partial charge is 0.137 e. The first-order chi connectivity index (χ1) is 12.5. The van der Waals surface area contributed by atoms with Crippen LogP contribution in [0.25, 0.3) is 0 Å². The van der Waals surface area contributed by atoms with Crippen molar-refractivity contribution in [3.8, 4) is 5.75 Å². The molecular formula is C20H28N4O2. The predicted molar refractivity (Wildman–Crippen MR) is 100 cm³/mol. The molecule has 1 aliphatic heterocycles. The maximum Gasteiger partial charge on any atom is 0.137 e. The van der Waals surface area contributed by atoms with E-state index in [-0.39, 0.29) is 5.78 Å². The Kier molecular flexibility index (Phi) is 6.04. The van der Waals surface area contributed by atoms with Gasteiger partial charge in [-0.25, -0.2) is 4.98 Å². The van der Waals surface area contributed by atoms with Crippen LogP contribution in [0.3, 0.4) is 0 Å². The van der Waals surface area contributed by atoms with Gasteiger partial charge in [0.15, 0.2) is 0 Å². The minimum atomic E-state index is 0.127. The van der Waals surface area contributed by atoms with Gasteiger partial charge in [0.1, 0.15) is 17.4 Å². The minimum absolute atomic E-state index is 0.127. The van der Waals surface area contributed by atoms with Crippen LogP contribution in [0.5, 0.6) is 5.75 Å². The fourth-order valence-corrected chi connectivity index (χ4v) is 3.58. The van der Waals surface area contributed by atoms with Crippen molar-refractivity contribution in [2.24, 2.45) is 5.92 Å². The zero-order chi connectivity index (χ0) is 18.5. The molecule has 0 saturated carbocycles. The van der Waals surface area contributed by atoms with E-state index in [1.165, 1.54) is 12.8 Å². The summed E-state index contributed by atoms with van der Waals surface area (Å²) in [7, 11) is 0. The molecule has 2 aromatic rings. The highest BCUT2D eigenvalue weighted by Crippen LogP contribution is 2.21. The zero-order valence-electron chi connectivity index (χ0n) is 15.9. The number of hydrogen-bond donors (Lipinski definition) is 1. The van der Waals surface area contributed by atoms with Gasteiger partial charge in [-0.3, -0.25) is 14.7 Å². The third-order valence-electron chi connectivity index (χ3n) is 4.64. The molecule has 3 rings (SSSR count). The van der Waals surface area contributed by atoms with Gasteiger partial charge in [0.25, 0.3) is 0 Å². The fourth-order valence-electron chi connectivity index (χ4n) is 3.58. The molecule has 0 aromatic carbocycles. The molecule has 1 fully saturated rings. The van der Waals surface area contributed by atoms with Crippen molar-refractivity contribution in [3.63, 3.8) is 0 Å². The topological polar surface area (TPSA) is 71.1 Å². The summed E-state index contributed by atoms with van der Waals surface area (Å²) in [4.78, 5) is 25.6. The number of carbonyl (C=O) groups is 1. The van der Waals surface area contributed by atoms with Crippen LogP contribution in [0.15, 0.2) is 18.3 Å². The van der Waals surface area contributed by atoms with E-state index in [0.717, 1.165) is 54.9 Å². The quantitative estimate of drug-likeness (QED) is 0.826. The highest BCUT2D eigenvalue weighted by Gasteiger charge is 2.21. The van der Waals surface area contributed by atoms with Crippen LogP contribution < -0.4 is 4.74 Å². The Morgan fingerprint density at radius 1 is 1.35 bits per heavy atom. The monoisotopic (exact) mass is 356 g/mol. The lowest BCUT2D eigenvalue weighted by Crippen LogP contribution is -2.37. The Balaban J connectivity index is 1.50. The van der Waals surface area contributed by atoms with Crippen LogP contribution >= 0.6 is 0 Å². The number of imidazole rings is 1. The van der Waals surface area contributed by atoms with Gasteiger partial charge < -0.3 is 9.72 Å². The number of hydrogen-bond acceptors (Lipinski definition) is 5. The molecule has 0 aliphatic carbocycles. The number of nitrogens with one attached hydrogen (secondary N) is 1. The number of ether oxygens (including phenoxy) is 1. The highest BCUT2D eigenvalue weighted by atomic mass is 16.5. The molecule has 1 unspecified atom stereocenters. The van der Waals surface area contributed by atoms with Gasteiger partial charge in [-0.2, -0.15) is 0 Å². The largest absolute Gasteiger partial charge is 0.493 e. The molecule has 1 saturated heterocycles. The number of carbonyl (C=O) groups excluding carboxylic acids is 1. The molecule has 3 heterocycles. The van der Waals surface area contributed by atoms with Crippen LogP contribution in [0.2, 0.25) is 0 Å². The minimum Gasteiger partial charge on any atom is -0.493 e. The van der Waals surface area contributed by atoms with Gasteiger partial charge >= 0.3 is 0 Å². The number of Topliss-reactive ketones (excluding diaryl/α,β-unsaturated/α-hetero) is 1. The van der Waals surface area contributed by atoms with Crippen LogP contribution in [0.4, 0.5) is 0 Å². The van der Waals surface area contributed by atoms with Crippen molar-refractivity contribution in [2.45, 2.75) is 46.6 Å². The Bertz CT molecular complexity index is 736. The van der Waals surface area contributed by atoms with Gasteiger partial charge in [0.2, 0.25) is 0 Å². The molecular weight excluding hydrogens is 328 g/mol. The van der Waals surface area contributed by atoms with E-state index in [1.807, 2.05) is 32.2 Å². The number of pyridine rings is 1.